The Bertz CT molecular complexity index is 1150. The van der Waals surface area contributed by atoms with Crippen LogP contribution in [0.2, 0.25) is 5.02 Å². The Morgan fingerprint density at radius 2 is 2.19 bits per heavy atom. The van der Waals surface area contributed by atoms with E-state index < -0.39 is 0 Å². The highest BCUT2D eigenvalue weighted by Crippen LogP contribution is 2.36. The molecule has 0 aliphatic carbocycles. The van der Waals surface area contributed by atoms with Crippen molar-refractivity contribution in [2.45, 2.75) is 12.5 Å². The largest absolute Gasteiger partial charge is 0.348 e. The molecule has 4 aromatic heterocycles. The van der Waals surface area contributed by atoms with Gasteiger partial charge in [0.25, 0.3) is 0 Å². The first kappa shape index (κ1) is 15.9. The monoisotopic (exact) mass is 375 g/mol. The van der Waals surface area contributed by atoms with E-state index in [1.54, 1.807) is 18.5 Å². The lowest BCUT2D eigenvalue weighted by atomic mass is 9.99. The zero-order valence-electron chi connectivity index (χ0n) is 14.2. The van der Waals surface area contributed by atoms with Crippen LogP contribution in [0.3, 0.4) is 0 Å². The molecule has 1 aliphatic heterocycles. The van der Waals surface area contributed by atoms with E-state index in [1.165, 1.54) is 0 Å². The minimum Gasteiger partial charge on any atom is -0.348 e. The van der Waals surface area contributed by atoms with E-state index in [0.29, 0.717) is 23.1 Å². The molecule has 27 heavy (non-hydrogen) atoms. The normalized spacial score (nSPS) is 16.3. The van der Waals surface area contributed by atoms with Crippen molar-refractivity contribution in [3.63, 3.8) is 0 Å². The molecule has 0 saturated heterocycles. The van der Waals surface area contributed by atoms with Crippen LogP contribution in [0.15, 0.2) is 48.9 Å². The number of imidazole rings is 1. The molecule has 4 aromatic rings. The molecule has 132 valence electrons. The smallest absolute Gasteiger partial charge is 0.144 e. The number of aromatic nitrogens is 5. The highest BCUT2D eigenvalue weighted by molar-refractivity contribution is 6.30. The van der Waals surface area contributed by atoms with Crippen molar-refractivity contribution < 1.29 is 0 Å². The van der Waals surface area contributed by atoms with Gasteiger partial charge in [0.2, 0.25) is 0 Å². The lowest BCUT2D eigenvalue weighted by Gasteiger charge is -2.35. The zero-order valence-corrected chi connectivity index (χ0v) is 14.9. The molecule has 8 heteroatoms. The van der Waals surface area contributed by atoms with Gasteiger partial charge >= 0.3 is 0 Å². The Kier molecular flexibility index (Phi) is 3.59. The number of nitrogens with one attached hydrogen (secondary N) is 1. The molecule has 0 spiro atoms. The maximum atomic E-state index is 9.27. The van der Waals surface area contributed by atoms with Crippen LogP contribution in [-0.4, -0.2) is 31.1 Å². The van der Waals surface area contributed by atoms with Crippen LogP contribution in [0, 0.1) is 11.3 Å². The molecule has 0 aromatic carbocycles. The Morgan fingerprint density at radius 1 is 1.26 bits per heavy atom. The van der Waals surface area contributed by atoms with E-state index in [4.69, 9.17) is 16.7 Å². The summed E-state index contributed by atoms with van der Waals surface area (Å²) in [6, 6.07) is 13.2. The van der Waals surface area contributed by atoms with Crippen LogP contribution in [-0.2, 0) is 6.42 Å². The van der Waals surface area contributed by atoms with Crippen molar-refractivity contribution in [2.24, 2.45) is 0 Å². The highest BCUT2D eigenvalue weighted by Gasteiger charge is 2.34. The molecule has 0 saturated carbocycles. The van der Waals surface area contributed by atoms with Gasteiger partial charge in [-0.3, -0.25) is 0 Å². The lowest BCUT2D eigenvalue weighted by molar-refractivity contribution is 0.610. The first-order valence-corrected chi connectivity index (χ1v) is 8.91. The minimum atomic E-state index is -0.211. The fourth-order valence-electron chi connectivity index (χ4n) is 3.60. The summed E-state index contributed by atoms with van der Waals surface area (Å²) in [5, 5.41) is 14.5. The van der Waals surface area contributed by atoms with Crippen molar-refractivity contribution in [3.05, 3.63) is 76.7 Å². The number of pyridine rings is 2. The number of anilines is 1. The molecule has 5 heterocycles. The second kappa shape index (κ2) is 6.11. The molecule has 0 amide bonds. The lowest BCUT2D eigenvalue weighted by Crippen LogP contribution is -2.37. The number of rotatable bonds is 2. The van der Waals surface area contributed by atoms with Crippen LogP contribution >= 0.6 is 11.6 Å². The van der Waals surface area contributed by atoms with E-state index in [1.807, 2.05) is 28.9 Å². The van der Waals surface area contributed by atoms with Crippen molar-refractivity contribution in [1.29, 1.82) is 5.26 Å². The fraction of sp³-hybridized carbons (Fsp3) is 0.158. The fourth-order valence-corrected chi connectivity index (χ4v) is 3.80. The summed E-state index contributed by atoms with van der Waals surface area (Å²) >= 11 is 6.23. The molecule has 0 unspecified atom stereocenters. The van der Waals surface area contributed by atoms with Crippen LogP contribution in [0.5, 0.6) is 0 Å². The third-order valence-corrected chi connectivity index (χ3v) is 5.00. The van der Waals surface area contributed by atoms with Gasteiger partial charge < -0.3 is 9.88 Å². The average Bonchev–Trinajstić information content (AvgIpc) is 3.33. The molecular formula is C19H14ClN7. The number of fused-ring (bicyclic) bond motifs is 2. The quantitative estimate of drug-likeness (QED) is 0.581. The van der Waals surface area contributed by atoms with E-state index in [9.17, 15) is 5.26 Å². The molecule has 0 radical (unpaired) electrons. The Morgan fingerprint density at radius 3 is 3.04 bits per heavy atom. The average molecular weight is 376 g/mol. The molecule has 0 bridgehead atoms. The minimum absolute atomic E-state index is 0.211. The second-order valence-corrected chi connectivity index (χ2v) is 6.83. The third kappa shape index (κ3) is 2.62. The Hall–Kier alpha value is -3.37. The van der Waals surface area contributed by atoms with Gasteiger partial charge in [-0.15, -0.1) is 0 Å². The predicted molar refractivity (Wildman–Crippen MR) is 101 cm³/mol. The number of aromatic amines is 1. The van der Waals surface area contributed by atoms with Gasteiger partial charge in [0.1, 0.15) is 23.6 Å². The summed E-state index contributed by atoms with van der Waals surface area (Å²) in [5.41, 5.74) is 4.18. The maximum absolute atomic E-state index is 9.27. The van der Waals surface area contributed by atoms with Crippen LogP contribution in [0.4, 0.5) is 5.82 Å². The van der Waals surface area contributed by atoms with Gasteiger partial charge in [0.05, 0.1) is 23.2 Å². The number of nitrogens with zero attached hydrogens (tertiary/aromatic N) is 6. The molecular weight excluding hydrogens is 362 g/mol. The SMILES string of the molecule is N#Cc1cc(Cl)cc(N2CCc3[nH]cnc3[C@H]2c2cc3ccccn3n2)n1. The Labute approximate surface area is 159 Å². The first-order chi connectivity index (χ1) is 13.2. The van der Waals surface area contributed by atoms with Gasteiger partial charge in [0, 0.05) is 29.9 Å². The summed E-state index contributed by atoms with van der Waals surface area (Å²) in [5.74, 6) is 0.648. The van der Waals surface area contributed by atoms with Crippen LogP contribution < -0.4 is 4.90 Å². The number of H-pyrrole nitrogens is 1. The molecule has 0 fully saturated rings. The molecule has 7 nitrogen and oxygen atoms in total. The van der Waals surface area contributed by atoms with Gasteiger partial charge in [-0.1, -0.05) is 17.7 Å². The maximum Gasteiger partial charge on any atom is 0.144 e. The van der Waals surface area contributed by atoms with Crippen molar-refractivity contribution >= 4 is 22.9 Å². The number of halogens is 1. The van der Waals surface area contributed by atoms with E-state index in [-0.39, 0.29) is 6.04 Å². The molecule has 1 atom stereocenters. The number of nitriles is 1. The second-order valence-electron chi connectivity index (χ2n) is 6.39. The van der Waals surface area contributed by atoms with E-state index >= 15 is 0 Å². The summed E-state index contributed by atoms with van der Waals surface area (Å²) < 4.78 is 1.85. The molecule has 1 N–H and O–H groups in total. The van der Waals surface area contributed by atoms with Crippen LogP contribution in [0.25, 0.3) is 5.52 Å². The summed E-state index contributed by atoms with van der Waals surface area (Å²) in [6.07, 6.45) is 4.43. The molecule has 5 rings (SSSR count). The highest BCUT2D eigenvalue weighted by atomic mass is 35.5. The van der Waals surface area contributed by atoms with Gasteiger partial charge in [-0.05, 0) is 30.3 Å². The Balaban J connectivity index is 1.68. The van der Waals surface area contributed by atoms with Gasteiger partial charge in [-0.2, -0.15) is 10.4 Å². The van der Waals surface area contributed by atoms with Gasteiger partial charge in [-0.25, -0.2) is 14.5 Å². The summed E-state index contributed by atoms with van der Waals surface area (Å²) in [4.78, 5) is 14.4. The first-order valence-electron chi connectivity index (χ1n) is 8.54. The van der Waals surface area contributed by atoms with E-state index in [0.717, 1.165) is 29.0 Å². The van der Waals surface area contributed by atoms with Crippen molar-refractivity contribution in [1.82, 2.24) is 24.6 Å². The van der Waals surface area contributed by atoms with Gasteiger partial charge in [0.15, 0.2) is 0 Å². The van der Waals surface area contributed by atoms with Crippen molar-refractivity contribution in [3.8, 4) is 6.07 Å². The predicted octanol–water partition coefficient (Wildman–Crippen LogP) is 3.13. The summed E-state index contributed by atoms with van der Waals surface area (Å²) in [7, 11) is 0. The van der Waals surface area contributed by atoms with Crippen LogP contribution in [0.1, 0.15) is 28.8 Å². The number of hydrogen-bond donors (Lipinski definition) is 1. The van der Waals surface area contributed by atoms with E-state index in [2.05, 4.69) is 32.0 Å². The zero-order chi connectivity index (χ0) is 18.4. The topological polar surface area (TPSA) is 85.9 Å². The number of hydrogen-bond acceptors (Lipinski definition) is 5. The third-order valence-electron chi connectivity index (χ3n) is 4.78. The molecule has 1 aliphatic rings. The van der Waals surface area contributed by atoms with Crippen molar-refractivity contribution in [2.75, 3.05) is 11.4 Å². The standard InChI is InChI=1S/C19H14ClN7/c20-12-7-13(10-21)24-17(8-12)26-6-4-15-18(23-11-22-15)19(26)16-9-14-3-1-2-5-27(14)25-16/h1-3,5,7-9,11,19H,4,6H2,(H,22,23)/t19-/m1/s1. The summed E-state index contributed by atoms with van der Waals surface area (Å²) in [6.45, 7) is 0.714.